The summed E-state index contributed by atoms with van der Waals surface area (Å²) in [5.41, 5.74) is 3.11. The summed E-state index contributed by atoms with van der Waals surface area (Å²) in [7, 11) is 0. The first-order chi connectivity index (χ1) is 10.8. The quantitative estimate of drug-likeness (QED) is 0.676. The van der Waals surface area contributed by atoms with Crippen LogP contribution in [0, 0.1) is 0 Å². The summed E-state index contributed by atoms with van der Waals surface area (Å²) in [5, 5.41) is 2.16. The van der Waals surface area contributed by atoms with Gasteiger partial charge in [0.15, 0.2) is 0 Å². The highest BCUT2D eigenvalue weighted by Crippen LogP contribution is 2.15. The average Bonchev–Trinajstić information content (AvgIpc) is 2.59. The van der Waals surface area contributed by atoms with Gasteiger partial charge in [0.2, 0.25) is 0 Å². The highest BCUT2D eigenvalue weighted by molar-refractivity contribution is 5.98. The zero-order chi connectivity index (χ0) is 15.2. The molecule has 0 radical (unpaired) electrons. The Kier molecular flexibility index (Phi) is 5.00. The lowest BCUT2D eigenvalue weighted by Crippen LogP contribution is -2.39. The molecule has 0 spiro atoms. The number of hydroxylamine groups is 1. The molecule has 1 N–H and O–H groups in total. The monoisotopic (exact) mass is 300 g/mol. The van der Waals surface area contributed by atoms with Crippen LogP contribution >= 0.6 is 0 Å². The average molecular weight is 300 g/mol. The highest BCUT2D eigenvalue weighted by atomic mass is 16.7. The van der Waals surface area contributed by atoms with Crippen molar-refractivity contribution in [2.75, 3.05) is 39.5 Å². The van der Waals surface area contributed by atoms with E-state index in [1.807, 2.05) is 42.5 Å². The highest BCUT2D eigenvalue weighted by Gasteiger charge is 2.10. The van der Waals surface area contributed by atoms with Crippen LogP contribution in [0.5, 0.6) is 0 Å². The fourth-order valence-electron chi connectivity index (χ4n) is 2.51. The number of carbonyl (C=O) groups is 1. The molecular weight excluding hydrogens is 280 g/mol. The fraction of sp³-hybridized carbons (Fsp3) is 0.353. The Morgan fingerprint density at radius 2 is 1.91 bits per heavy atom. The first-order valence-corrected chi connectivity index (χ1v) is 7.54. The second kappa shape index (κ2) is 7.35. The van der Waals surface area contributed by atoms with Gasteiger partial charge < -0.3 is 4.74 Å². The molecule has 2 aromatic carbocycles. The molecule has 3 rings (SSSR count). The number of carbonyl (C=O) groups excluding carboxylic acids is 1. The van der Waals surface area contributed by atoms with Crippen molar-refractivity contribution < 1.29 is 14.4 Å². The van der Waals surface area contributed by atoms with E-state index in [2.05, 4.69) is 10.4 Å². The zero-order valence-electron chi connectivity index (χ0n) is 12.5. The summed E-state index contributed by atoms with van der Waals surface area (Å²) in [6.07, 6.45) is 0. The molecule has 22 heavy (non-hydrogen) atoms. The van der Waals surface area contributed by atoms with E-state index >= 15 is 0 Å². The second-order valence-corrected chi connectivity index (χ2v) is 5.30. The van der Waals surface area contributed by atoms with Gasteiger partial charge in [0.1, 0.15) is 0 Å². The van der Waals surface area contributed by atoms with E-state index in [0.717, 1.165) is 43.6 Å². The third-order valence-corrected chi connectivity index (χ3v) is 3.79. The molecule has 0 atom stereocenters. The third kappa shape index (κ3) is 3.82. The molecule has 1 aliphatic heterocycles. The Labute approximate surface area is 129 Å². The second-order valence-electron chi connectivity index (χ2n) is 5.30. The summed E-state index contributed by atoms with van der Waals surface area (Å²) < 4.78 is 5.28. The number of fused-ring (bicyclic) bond motifs is 1. The lowest BCUT2D eigenvalue weighted by molar-refractivity contribution is -0.00176. The normalized spacial score (nSPS) is 15.8. The summed E-state index contributed by atoms with van der Waals surface area (Å²) >= 11 is 0. The van der Waals surface area contributed by atoms with Crippen LogP contribution in [0.4, 0.5) is 0 Å². The Morgan fingerprint density at radius 1 is 1.14 bits per heavy atom. The van der Waals surface area contributed by atoms with E-state index in [1.54, 1.807) is 0 Å². The van der Waals surface area contributed by atoms with Crippen molar-refractivity contribution in [2.45, 2.75) is 0 Å². The van der Waals surface area contributed by atoms with E-state index in [4.69, 9.17) is 9.57 Å². The maximum Gasteiger partial charge on any atom is 0.274 e. The number of morpholine rings is 1. The molecule has 0 unspecified atom stereocenters. The Bertz CT molecular complexity index is 639. The number of amides is 1. The molecule has 1 fully saturated rings. The fourth-order valence-corrected chi connectivity index (χ4v) is 2.51. The number of ether oxygens (including phenoxy) is 1. The first-order valence-electron chi connectivity index (χ1n) is 7.54. The van der Waals surface area contributed by atoms with Gasteiger partial charge in [-0.25, -0.2) is 5.48 Å². The van der Waals surface area contributed by atoms with Crippen molar-refractivity contribution in [1.82, 2.24) is 10.4 Å². The maximum atomic E-state index is 12.1. The van der Waals surface area contributed by atoms with Gasteiger partial charge in [0.25, 0.3) is 5.91 Å². The Morgan fingerprint density at radius 3 is 2.73 bits per heavy atom. The van der Waals surface area contributed by atoms with Crippen LogP contribution in [0.3, 0.4) is 0 Å². The van der Waals surface area contributed by atoms with Crippen molar-refractivity contribution in [3.05, 3.63) is 48.0 Å². The van der Waals surface area contributed by atoms with E-state index in [9.17, 15) is 4.79 Å². The molecule has 5 heteroatoms. The van der Waals surface area contributed by atoms with E-state index < -0.39 is 0 Å². The number of hydrogen-bond acceptors (Lipinski definition) is 4. The zero-order valence-corrected chi connectivity index (χ0v) is 12.5. The van der Waals surface area contributed by atoms with Crippen LogP contribution in [0.2, 0.25) is 0 Å². The standard InChI is InChI=1S/C17H20N2O3/c20-17(18-22-12-9-19-7-10-21-11-8-19)16-6-5-14-3-1-2-4-15(14)13-16/h1-6,13H,7-12H2,(H,18,20). The molecule has 0 saturated carbocycles. The number of nitrogens with zero attached hydrogens (tertiary/aromatic N) is 1. The minimum absolute atomic E-state index is 0.215. The van der Waals surface area contributed by atoms with Crippen molar-refractivity contribution >= 4 is 16.7 Å². The van der Waals surface area contributed by atoms with Crippen LogP contribution in [0.15, 0.2) is 42.5 Å². The third-order valence-electron chi connectivity index (χ3n) is 3.79. The molecule has 0 bridgehead atoms. The van der Waals surface area contributed by atoms with Gasteiger partial charge in [-0.05, 0) is 22.9 Å². The summed E-state index contributed by atoms with van der Waals surface area (Å²) in [6, 6.07) is 13.6. The van der Waals surface area contributed by atoms with Gasteiger partial charge in [-0.2, -0.15) is 0 Å². The number of rotatable bonds is 5. The van der Waals surface area contributed by atoms with E-state index in [1.165, 1.54) is 0 Å². The Hall–Kier alpha value is -1.95. The van der Waals surface area contributed by atoms with Crippen LogP contribution in [-0.2, 0) is 9.57 Å². The molecule has 5 nitrogen and oxygen atoms in total. The molecule has 1 aliphatic rings. The molecule has 1 amide bonds. The van der Waals surface area contributed by atoms with Crippen molar-refractivity contribution in [3.63, 3.8) is 0 Å². The van der Waals surface area contributed by atoms with Crippen LogP contribution in [-0.4, -0.2) is 50.3 Å². The molecule has 1 heterocycles. The number of benzene rings is 2. The number of nitrogens with one attached hydrogen (secondary N) is 1. The van der Waals surface area contributed by atoms with E-state index in [-0.39, 0.29) is 5.91 Å². The Balaban J connectivity index is 1.48. The topological polar surface area (TPSA) is 50.8 Å². The van der Waals surface area contributed by atoms with E-state index in [0.29, 0.717) is 12.2 Å². The van der Waals surface area contributed by atoms with Crippen molar-refractivity contribution in [3.8, 4) is 0 Å². The summed E-state index contributed by atoms with van der Waals surface area (Å²) in [5.74, 6) is -0.215. The first kappa shape index (κ1) is 15.0. The predicted octanol–water partition coefficient (Wildman–Crippen LogP) is 1.83. The molecule has 0 aliphatic carbocycles. The largest absolute Gasteiger partial charge is 0.379 e. The predicted molar refractivity (Wildman–Crippen MR) is 84.6 cm³/mol. The SMILES string of the molecule is O=C(NOCCN1CCOCC1)c1ccc2ccccc2c1. The van der Waals surface area contributed by atoms with Crippen LogP contribution < -0.4 is 5.48 Å². The van der Waals surface area contributed by atoms with Gasteiger partial charge in [-0.15, -0.1) is 0 Å². The lowest BCUT2D eigenvalue weighted by Gasteiger charge is -2.26. The van der Waals surface area contributed by atoms with Gasteiger partial charge in [0, 0.05) is 25.2 Å². The maximum absolute atomic E-state index is 12.1. The molecule has 1 saturated heterocycles. The van der Waals surface area contributed by atoms with Crippen LogP contribution in [0.25, 0.3) is 10.8 Å². The number of hydrogen-bond donors (Lipinski definition) is 1. The summed E-state index contributed by atoms with van der Waals surface area (Å²) in [4.78, 5) is 19.6. The summed E-state index contributed by atoms with van der Waals surface area (Å²) in [6.45, 7) is 4.64. The van der Waals surface area contributed by atoms with Gasteiger partial charge in [-0.3, -0.25) is 14.5 Å². The molecular formula is C17H20N2O3. The minimum atomic E-state index is -0.215. The van der Waals surface area contributed by atoms with Crippen molar-refractivity contribution in [2.24, 2.45) is 0 Å². The van der Waals surface area contributed by atoms with Gasteiger partial charge in [-0.1, -0.05) is 30.3 Å². The van der Waals surface area contributed by atoms with Crippen LogP contribution in [0.1, 0.15) is 10.4 Å². The molecule has 0 aromatic heterocycles. The minimum Gasteiger partial charge on any atom is -0.379 e. The smallest absolute Gasteiger partial charge is 0.274 e. The van der Waals surface area contributed by atoms with Crippen molar-refractivity contribution in [1.29, 1.82) is 0 Å². The van der Waals surface area contributed by atoms with Gasteiger partial charge in [0.05, 0.1) is 19.8 Å². The lowest BCUT2D eigenvalue weighted by atomic mass is 10.1. The molecule has 116 valence electrons. The van der Waals surface area contributed by atoms with Gasteiger partial charge >= 0.3 is 0 Å². The molecule has 2 aromatic rings.